The van der Waals surface area contributed by atoms with Crippen LogP contribution in [0.5, 0.6) is 0 Å². The van der Waals surface area contributed by atoms with Gasteiger partial charge in [-0.1, -0.05) is 38.1 Å². The second-order valence-electron chi connectivity index (χ2n) is 6.70. The Hall–Kier alpha value is -1.88. The summed E-state index contributed by atoms with van der Waals surface area (Å²) < 4.78 is 5.75. The topological polar surface area (TPSA) is 75.6 Å². The molecule has 0 bridgehead atoms. The molecule has 1 aromatic rings. The number of nitrogens with one attached hydrogen (secondary N) is 1. The van der Waals surface area contributed by atoms with E-state index in [4.69, 9.17) is 9.84 Å². The minimum Gasteiger partial charge on any atom is -0.481 e. The van der Waals surface area contributed by atoms with E-state index in [1.807, 2.05) is 32.0 Å². The van der Waals surface area contributed by atoms with Crippen molar-refractivity contribution in [1.82, 2.24) is 5.32 Å². The van der Waals surface area contributed by atoms with Gasteiger partial charge in [0.25, 0.3) is 0 Å². The van der Waals surface area contributed by atoms with Crippen molar-refractivity contribution in [3.63, 3.8) is 0 Å². The van der Waals surface area contributed by atoms with E-state index in [1.54, 1.807) is 6.92 Å². The molecule has 1 amide bonds. The van der Waals surface area contributed by atoms with Crippen LogP contribution >= 0.6 is 0 Å². The number of carboxylic acids is 1. The van der Waals surface area contributed by atoms with Gasteiger partial charge in [-0.15, -0.1) is 0 Å². The van der Waals surface area contributed by atoms with Gasteiger partial charge in [0.1, 0.15) is 0 Å². The average Bonchev–Trinajstić information content (AvgIpc) is 2.46. The molecule has 126 valence electrons. The minimum atomic E-state index is -0.916. The first-order valence-corrected chi connectivity index (χ1v) is 8.04. The molecule has 1 aliphatic rings. The lowest BCUT2D eigenvalue weighted by molar-refractivity contribution is -0.139. The Morgan fingerprint density at radius 1 is 1.39 bits per heavy atom. The van der Waals surface area contributed by atoms with E-state index in [2.05, 4.69) is 11.4 Å². The molecule has 0 saturated carbocycles. The summed E-state index contributed by atoms with van der Waals surface area (Å²) in [5.74, 6) is -1.08. The maximum absolute atomic E-state index is 12.4. The van der Waals surface area contributed by atoms with E-state index in [-0.39, 0.29) is 30.8 Å². The fourth-order valence-corrected chi connectivity index (χ4v) is 2.89. The third-order valence-corrected chi connectivity index (χ3v) is 4.68. The van der Waals surface area contributed by atoms with Crippen LogP contribution in [0.15, 0.2) is 24.3 Å². The quantitative estimate of drug-likeness (QED) is 0.845. The van der Waals surface area contributed by atoms with E-state index >= 15 is 0 Å². The molecular weight excluding hydrogens is 294 g/mol. The number of carboxylic acid groups (broad SMARTS) is 1. The fraction of sp³-hybridized carbons (Fsp3) is 0.556. The van der Waals surface area contributed by atoms with E-state index in [9.17, 15) is 9.59 Å². The zero-order valence-corrected chi connectivity index (χ0v) is 14.0. The van der Waals surface area contributed by atoms with Crippen molar-refractivity contribution >= 4 is 11.9 Å². The average molecular weight is 319 g/mol. The van der Waals surface area contributed by atoms with Crippen molar-refractivity contribution in [1.29, 1.82) is 0 Å². The number of aliphatic carboxylic acids is 1. The molecule has 1 heterocycles. The molecule has 0 aromatic heterocycles. The van der Waals surface area contributed by atoms with Gasteiger partial charge in [-0.3, -0.25) is 9.59 Å². The van der Waals surface area contributed by atoms with Gasteiger partial charge >= 0.3 is 5.97 Å². The maximum atomic E-state index is 12.4. The molecule has 2 atom stereocenters. The largest absolute Gasteiger partial charge is 0.481 e. The fourth-order valence-electron chi connectivity index (χ4n) is 2.89. The highest BCUT2D eigenvalue weighted by Crippen LogP contribution is 2.30. The molecule has 23 heavy (non-hydrogen) atoms. The standard InChI is InChI=1S/C18H25NO4/c1-12(2)18(3,11-17(21)22)19-16(20)10-15-14-7-5-4-6-13(14)8-9-23-15/h4-7,12,15H,8-11H2,1-3H3,(H,19,20)(H,21,22). The van der Waals surface area contributed by atoms with Crippen molar-refractivity contribution in [3.8, 4) is 0 Å². The number of rotatable bonds is 6. The lowest BCUT2D eigenvalue weighted by Gasteiger charge is -2.34. The van der Waals surface area contributed by atoms with Crippen LogP contribution in [0.3, 0.4) is 0 Å². The van der Waals surface area contributed by atoms with Crippen LogP contribution in [0.1, 0.15) is 50.8 Å². The molecule has 1 aliphatic heterocycles. The van der Waals surface area contributed by atoms with Crippen LogP contribution in [0.4, 0.5) is 0 Å². The molecule has 2 N–H and O–H groups in total. The Kier molecular flexibility index (Phi) is 5.42. The zero-order valence-electron chi connectivity index (χ0n) is 14.0. The third kappa shape index (κ3) is 4.32. The van der Waals surface area contributed by atoms with Crippen LogP contribution < -0.4 is 5.32 Å². The number of benzene rings is 1. The third-order valence-electron chi connectivity index (χ3n) is 4.68. The summed E-state index contributed by atoms with van der Waals surface area (Å²) in [6.45, 7) is 6.20. The summed E-state index contributed by atoms with van der Waals surface area (Å²) in [7, 11) is 0. The lowest BCUT2D eigenvalue weighted by Crippen LogP contribution is -2.51. The second-order valence-corrected chi connectivity index (χ2v) is 6.70. The van der Waals surface area contributed by atoms with Crippen LogP contribution in [0.25, 0.3) is 0 Å². The highest BCUT2D eigenvalue weighted by molar-refractivity contribution is 5.79. The SMILES string of the molecule is CC(C)C(C)(CC(=O)O)NC(=O)CC1OCCc2ccccc21. The lowest BCUT2D eigenvalue weighted by atomic mass is 9.84. The Bertz CT molecular complexity index is 584. The molecule has 5 heteroatoms. The Morgan fingerprint density at radius 2 is 2.09 bits per heavy atom. The summed E-state index contributed by atoms with van der Waals surface area (Å²) >= 11 is 0. The maximum Gasteiger partial charge on any atom is 0.305 e. The smallest absolute Gasteiger partial charge is 0.305 e. The predicted molar refractivity (Wildman–Crippen MR) is 87.1 cm³/mol. The van der Waals surface area contributed by atoms with Gasteiger partial charge in [-0.2, -0.15) is 0 Å². The normalized spacial score (nSPS) is 19.7. The highest BCUT2D eigenvalue weighted by atomic mass is 16.5. The molecule has 0 fully saturated rings. The van der Waals surface area contributed by atoms with Crippen LogP contribution in [-0.2, 0) is 20.7 Å². The van der Waals surface area contributed by atoms with Crippen molar-refractivity contribution in [2.75, 3.05) is 6.61 Å². The second kappa shape index (κ2) is 7.13. The first kappa shape index (κ1) is 17.5. The van der Waals surface area contributed by atoms with Gasteiger partial charge in [0.05, 0.1) is 25.6 Å². The molecular formula is C18H25NO4. The summed E-state index contributed by atoms with van der Waals surface area (Å²) in [6, 6.07) is 7.99. The minimum absolute atomic E-state index is 0.0158. The summed E-state index contributed by atoms with van der Waals surface area (Å²) in [6.07, 6.45) is 0.704. The number of hydrogen-bond donors (Lipinski definition) is 2. The predicted octanol–water partition coefficient (Wildman–Crippen LogP) is 2.70. The Balaban J connectivity index is 2.06. The van der Waals surface area contributed by atoms with Crippen molar-refractivity contribution < 1.29 is 19.4 Å². The van der Waals surface area contributed by atoms with E-state index < -0.39 is 11.5 Å². The zero-order chi connectivity index (χ0) is 17.0. The number of carbonyl (C=O) groups is 2. The summed E-state index contributed by atoms with van der Waals surface area (Å²) in [4.78, 5) is 23.5. The number of fused-ring (bicyclic) bond motifs is 1. The summed E-state index contributed by atoms with van der Waals surface area (Å²) in [5, 5.41) is 12.0. The Morgan fingerprint density at radius 3 is 2.74 bits per heavy atom. The van der Waals surface area contributed by atoms with Crippen LogP contribution in [-0.4, -0.2) is 29.1 Å². The molecule has 2 unspecified atom stereocenters. The highest BCUT2D eigenvalue weighted by Gasteiger charge is 2.34. The number of amides is 1. The van der Waals surface area contributed by atoms with Gasteiger partial charge in [-0.05, 0) is 30.4 Å². The molecule has 2 rings (SSSR count). The van der Waals surface area contributed by atoms with Gasteiger partial charge in [0, 0.05) is 5.54 Å². The molecule has 1 aromatic carbocycles. The van der Waals surface area contributed by atoms with E-state index in [0.29, 0.717) is 6.61 Å². The number of ether oxygens (including phenoxy) is 1. The number of hydrogen-bond acceptors (Lipinski definition) is 3. The van der Waals surface area contributed by atoms with Crippen molar-refractivity contribution in [2.45, 2.75) is 51.7 Å². The van der Waals surface area contributed by atoms with Crippen molar-refractivity contribution in [3.05, 3.63) is 35.4 Å². The van der Waals surface area contributed by atoms with E-state index in [0.717, 1.165) is 12.0 Å². The van der Waals surface area contributed by atoms with Gasteiger partial charge < -0.3 is 15.2 Å². The Labute approximate surface area is 137 Å². The van der Waals surface area contributed by atoms with Gasteiger partial charge in [0.15, 0.2) is 0 Å². The van der Waals surface area contributed by atoms with Crippen molar-refractivity contribution in [2.24, 2.45) is 5.92 Å². The molecule has 5 nitrogen and oxygen atoms in total. The first-order valence-electron chi connectivity index (χ1n) is 8.04. The van der Waals surface area contributed by atoms with E-state index in [1.165, 1.54) is 5.56 Å². The van der Waals surface area contributed by atoms with Gasteiger partial charge in [-0.25, -0.2) is 0 Å². The monoisotopic (exact) mass is 319 g/mol. The first-order chi connectivity index (χ1) is 10.8. The molecule has 0 spiro atoms. The summed E-state index contributed by atoms with van der Waals surface area (Å²) in [5.41, 5.74) is 1.50. The van der Waals surface area contributed by atoms with Crippen LogP contribution in [0.2, 0.25) is 0 Å². The molecule has 0 saturated heterocycles. The van der Waals surface area contributed by atoms with Gasteiger partial charge in [0.2, 0.25) is 5.91 Å². The molecule has 0 aliphatic carbocycles. The molecule has 0 radical (unpaired) electrons. The number of carbonyl (C=O) groups excluding carboxylic acids is 1. The van der Waals surface area contributed by atoms with Crippen LogP contribution in [0, 0.1) is 5.92 Å².